The van der Waals surface area contributed by atoms with Gasteiger partial charge in [0.05, 0.1) is 23.7 Å². The smallest absolute Gasteiger partial charge is 0.310 e. The van der Waals surface area contributed by atoms with Crippen LogP contribution in [0.2, 0.25) is 0 Å². The Balaban J connectivity index is 0.000000216. The van der Waals surface area contributed by atoms with Crippen molar-refractivity contribution in [2.75, 3.05) is 0 Å². The zero-order valence-corrected chi connectivity index (χ0v) is 19.5. The van der Waals surface area contributed by atoms with Gasteiger partial charge in [-0.1, -0.05) is 52.7 Å². The highest BCUT2D eigenvalue weighted by molar-refractivity contribution is 5.76. The molecule has 8 nitrogen and oxygen atoms in total. The maximum atomic E-state index is 10.6. The maximum absolute atomic E-state index is 10.6. The van der Waals surface area contributed by atoms with Crippen LogP contribution in [-0.2, 0) is 19.2 Å². The number of rotatable bonds is 4. The van der Waals surface area contributed by atoms with Crippen molar-refractivity contribution in [1.29, 1.82) is 0 Å². The minimum atomic E-state index is -0.696. The third kappa shape index (κ3) is 7.95. The molecule has 0 radical (unpaired) electrons. The van der Waals surface area contributed by atoms with Gasteiger partial charge in [0.2, 0.25) is 0 Å². The van der Waals surface area contributed by atoms with Crippen LogP contribution >= 0.6 is 0 Å². The molecule has 3 fully saturated rings. The summed E-state index contributed by atoms with van der Waals surface area (Å²) in [6.07, 6.45) is 11.2. The van der Waals surface area contributed by atoms with Gasteiger partial charge in [-0.2, -0.15) is 0 Å². The summed E-state index contributed by atoms with van der Waals surface area (Å²) in [6, 6.07) is 0. The van der Waals surface area contributed by atoms with Crippen LogP contribution in [0.1, 0.15) is 79.1 Å². The Morgan fingerprint density at radius 2 is 1.09 bits per heavy atom. The summed E-state index contributed by atoms with van der Waals surface area (Å²) in [6.45, 7) is 8.02. The van der Waals surface area contributed by atoms with Gasteiger partial charge in [0.1, 0.15) is 0 Å². The number of carboxylic acids is 4. The summed E-state index contributed by atoms with van der Waals surface area (Å²) in [5, 5.41) is 33.6. The second-order valence-electron chi connectivity index (χ2n) is 10.1. The molecule has 4 N–H and O–H groups in total. The largest absolute Gasteiger partial charge is 0.481 e. The number of carboxylic acid groups (broad SMARTS) is 4. The quantitative estimate of drug-likeness (QED) is 0.453. The van der Waals surface area contributed by atoms with E-state index in [-0.39, 0.29) is 34.5 Å². The van der Waals surface area contributed by atoms with Crippen LogP contribution in [0.3, 0.4) is 0 Å². The van der Waals surface area contributed by atoms with E-state index in [4.69, 9.17) is 20.4 Å². The van der Waals surface area contributed by atoms with Crippen molar-refractivity contribution in [1.82, 2.24) is 0 Å². The first-order valence-electron chi connectivity index (χ1n) is 11.3. The lowest BCUT2D eigenvalue weighted by atomic mass is 10.0. The third-order valence-corrected chi connectivity index (χ3v) is 7.23. The lowest BCUT2D eigenvalue weighted by Crippen LogP contribution is -2.07. The summed E-state index contributed by atoms with van der Waals surface area (Å²) >= 11 is 0. The summed E-state index contributed by atoms with van der Waals surface area (Å²) in [5.74, 6) is -2.94. The molecule has 0 spiro atoms. The van der Waals surface area contributed by atoms with Crippen molar-refractivity contribution < 1.29 is 39.6 Å². The van der Waals surface area contributed by atoms with Crippen LogP contribution in [0.4, 0.5) is 0 Å². The fraction of sp³-hybridized carbons (Fsp3) is 0.750. The van der Waals surface area contributed by atoms with E-state index >= 15 is 0 Å². The lowest BCUT2D eigenvalue weighted by Gasteiger charge is -2.03. The Labute approximate surface area is 189 Å². The fourth-order valence-electron chi connectivity index (χ4n) is 4.16. The standard InChI is InChI=1S/C8H14O2.C6H10O2.C6H8O2.C4H6O2/c1-7(2)5(6(9)10)8(7,3)4;2*7-6(8)5-3-1-2-4-5;5-4(6)3-1-2-3/h5H,1-4H3,(H,9,10);5H,1-4H2,(H,7,8);1,3,5H,2,4H2,(H,7,8);3H,1-2H2,(H,5,6). The van der Waals surface area contributed by atoms with Crippen molar-refractivity contribution in [3.8, 4) is 0 Å². The topological polar surface area (TPSA) is 149 Å². The number of allylic oxidation sites excluding steroid dienone is 1. The number of aliphatic carboxylic acids is 4. The molecule has 4 aliphatic rings. The molecule has 4 rings (SSSR count). The first kappa shape index (κ1) is 27.7. The summed E-state index contributed by atoms with van der Waals surface area (Å²) in [5.41, 5.74) is -0.0301. The molecule has 1 unspecified atom stereocenters. The summed E-state index contributed by atoms with van der Waals surface area (Å²) < 4.78 is 0. The second kappa shape index (κ2) is 11.5. The van der Waals surface area contributed by atoms with Crippen molar-refractivity contribution in [2.45, 2.75) is 79.1 Å². The van der Waals surface area contributed by atoms with Gasteiger partial charge < -0.3 is 20.4 Å². The van der Waals surface area contributed by atoms with Crippen molar-refractivity contribution in [2.24, 2.45) is 34.5 Å². The Morgan fingerprint density at radius 3 is 1.22 bits per heavy atom. The Hall–Kier alpha value is -2.38. The van der Waals surface area contributed by atoms with E-state index in [2.05, 4.69) is 0 Å². The molecule has 0 saturated heterocycles. The van der Waals surface area contributed by atoms with Gasteiger partial charge in [0.15, 0.2) is 0 Å². The molecule has 0 aliphatic heterocycles. The van der Waals surface area contributed by atoms with Gasteiger partial charge in [-0.25, -0.2) is 0 Å². The van der Waals surface area contributed by atoms with E-state index in [1.165, 1.54) is 0 Å². The minimum absolute atomic E-state index is 0.0150. The first-order chi connectivity index (χ1) is 14.7. The SMILES string of the molecule is CC1(C)C(C(=O)O)C1(C)C.O=C(O)C1C=CCC1.O=C(O)C1CC1.O=C(O)C1CCCC1. The molecule has 182 valence electrons. The maximum Gasteiger partial charge on any atom is 0.310 e. The van der Waals surface area contributed by atoms with Gasteiger partial charge in [-0.3, -0.25) is 19.2 Å². The molecule has 32 heavy (non-hydrogen) atoms. The highest BCUT2D eigenvalue weighted by atomic mass is 16.4. The molecular weight excluding hydrogens is 416 g/mol. The summed E-state index contributed by atoms with van der Waals surface area (Å²) in [4.78, 5) is 40.7. The van der Waals surface area contributed by atoms with E-state index < -0.39 is 23.9 Å². The van der Waals surface area contributed by atoms with Crippen LogP contribution in [-0.4, -0.2) is 44.3 Å². The highest BCUT2D eigenvalue weighted by Crippen LogP contribution is 2.68. The molecule has 0 amide bonds. The van der Waals surface area contributed by atoms with Gasteiger partial charge in [0.25, 0.3) is 0 Å². The second-order valence-corrected chi connectivity index (χ2v) is 10.1. The molecule has 1 atom stereocenters. The van der Waals surface area contributed by atoms with Crippen LogP contribution in [0.25, 0.3) is 0 Å². The lowest BCUT2D eigenvalue weighted by molar-refractivity contribution is -0.142. The molecule has 3 saturated carbocycles. The van der Waals surface area contributed by atoms with E-state index in [0.717, 1.165) is 51.4 Å². The van der Waals surface area contributed by atoms with Gasteiger partial charge in [0, 0.05) is 0 Å². The van der Waals surface area contributed by atoms with Gasteiger partial charge >= 0.3 is 23.9 Å². The van der Waals surface area contributed by atoms with Crippen molar-refractivity contribution in [3.63, 3.8) is 0 Å². The van der Waals surface area contributed by atoms with Crippen molar-refractivity contribution in [3.05, 3.63) is 12.2 Å². The normalized spacial score (nSPS) is 24.6. The number of hydrogen-bond acceptors (Lipinski definition) is 4. The first-order valence-corrected chi connectivity index (χ1v) is 11.3. The minimum Gasteiger partial charge on any atom is -0.481 e. The molecule has 4 aliphatic carbocycles. The number of hydrogen-bond donors (Lipinski definition) is 4. The molecule has 8 heteroatoms. The number of carbonyl (C=O) groups is 4. The van der Waals surface area contributed by atoms with Crippen LogP contribution in [0, 0.1) is 34.5 Å². The average molecular weight is 455 g/mol. The molecular formula is C24H38O8. The van der Waals surface area contributed by atoms with Gasteiger partial charge in [-0.15, -0.1) is 0 Å². The Kier molecular flexibility index (Phi) is 9.92. The Bertz CT molecular complexity index is 698. The van der Waals surface area contributed by atoms with Crippen LogP contribution in [0.15, 0.2) is 12.2 Å². The highest BCUT2D eigenvalue weighted by Gasteiger charge is 2.68. The molecule has 0 bridgehead atoms. The monoisotopic (exact) mass is 454 g/mol. The van der Waals surface area contributed by atoms with E-state index in [1.807, 2.05) is 33.8 Å². The molecule has 0 heterocycles. The van der Waals surface area contributed by atoms with E-state index in [0.29, 0.717) is 0 Å². The molecule has 0 aromatic rings. The predicted octanol–water partition coefficient (Wildman–Crippen LogP) is 4.53. The predicted molar refractivity (Wildman–Crippen MR) is 118 cm³/mol. The van der Waals surface area contributed by atoms with Crippen LogP contribution in [0.5, 0.6) is 0 Å². The zero-order valence-electron chi connectivity index (χ0n) is 19.5. The Morgan fingerprint density at radius 1 is 0.656 bits per heavy atom. The van der Waals surface area contributed by atoms with E-state index in [9.17, 15) is 19.2 Å². The third-order valence-electron chi connectivity index (χ3n) is 7.23. The summed E-state index contributed by atoms with van der Waals surface area (Å²) in [7, 11) is 0. The van der Waals surface area contributed by atoms with Crippen LogP contribution < -0.4 is 0 Å². The molecule has 0 aromatic carbocycles. The fourth-order valence-corrected chi connectivity index (χ4v) is 4.16. The average Bonchev–Trinajstić information content (AvgIpc) is 3.31. The van der Waals surface area contributed by atoms with E-state index in [1.54, 1.807) is 6.08 Å². The zero-order chi connectivity index (χ0) is 24.7. The molecule has 0 aromatic heterocycles. The van der Waals surface area contributed by atoms with Crippen molar-refractivity contribution >= 4 is 23.9 Å². The van der Waals surface area contributed by atoms with Gasteiger partial charge in [-0.05, 0) is 49.4 Å².